The highest BCUT2D eigenvalue weighted by atomic mass is 32.2. The van der Waals surface area contributed by atoms with Crippen molar-refractivity contribution in [1.29, 1.82) is 0 Å². The minimum atomic E-state index is -3.56. The van der Waals surface area contributed by atoms with Gasteiger partial charge < -0.3 is 4.90 Å². The van der Waals surface area contributed by atoms with Crippen LogP contribution in [0.3, 0.4) is 0 Å². The van der Waals surface area contributed by atoms with Gasteiger partial charge in [0, 0.05) is 25.7 Å². The molecule has 3 rings (SSSR count). The molecule has 126 valence electrons. The smallest absolute Gasteiger partial charge is 0.242 e. The lowest BCUT2D eigenvalue weighted by atomic mass is 10.1. The summed E-state index contributed by atoms with van der Waals surface area (Å²) in [5.41, 5.74) is 8.40. The summed E-state index contributed by atoms with van der Waals surface area (Å²) < 4.78 is 27.5. The van der Waals surface area contributed by atoms with Gasteiger partial charge in [-0.2, -0.15) is 5.53 Å². The molecule has 2 heterocycles. The van der Waals surface area contributed by atoms with E-state index in [1.807, 2.05) is 0 Å². The summed E-state index contributed by atoms with van der Waals surface area (Å²) in [6.45, 7) is 1.55. The van der Waals surface area contributed by atoms with E-state index in [1.54, 1.807) is 35.2 Å². The van der Waals surface area contributed by atoms with Crippen molar-refractivity contribution in [3.05, 3.63) is 30.3 Å². The molecule has 2 atom stereocenters. The van der Waals surface area contributed by atoms with Gasteiger partial charge in [0.1, 0.15) is 6.04 Å². The predicted molar refractivity (Wildman–Crippen MR) is 84.4 cm³/mol. The number of nitrogens with zero attached hydrogens (tertiary/aromatic N) is 1. The van der Waals surface area contributed by atoms with Crippen molar-refractivity contribution in [3.63, 3.8) is 0 Å². The van der Waals surface area contributed by atoms with Crippen LogP contribution in [0.2, 0.25) is 0 Å². The summed E-state index contributed by atoms with van der Waals surface area (Å²) in [6, 6.07) is 7.70. The Morgan fingerprint density at radius 2 is 2.04 bits per heavy atom. The van der Waals surface area contributed by atoms with Crippen LogP contribution in [0.5, 0.6) is 0 Å². The van der Waals surface area contributed by atoms with Gasteiger partial charge in [-0.05, 0) is 25.0 Å². The number of benzene rings is 1. The lowest BCUT2D eigenvalue weighted by molar-refractivity contribution is -0.134. The molecule has 0 spiro atoms. The lowest BCUT2D eigenvalue weighted by Crippen LogP contribution is -2.54. The summed E-state index contributed by atoms with van der Waals surface area (Å²) in [5, 5.41) is 0. The Hall–Kier alpha value is -1.52. The van der Waals surface area contributed by atoms with E-state index in [-0.39, 0.29) is 22.9 Å². The van der Waals surface area contributed by atoms with Gasteiger partial charge >= 0.3 is 0 Å². The zero-order valence-electron chi connectivity index (χ0n) is 12.7. The van der Waals surface area contributed by atoms with Gasteiger partial charge in [-0.1, -0.05) is 18.2 Å². The Morgan fingerprint density at radius 3 is 2.74 bits per heavy atom. The Labute approximate surface area is 135 Å². The van der Waals surface area contributed by atoms with Gasteiger partial charge in [0.15, 0.2) is 0 Å². The molecular weight excluding hydrogens is 318 g/mol. The SMILES string of the molecule is O=C(C1CNNN1)N1CCCC(NS(=O)(=O)c2ccccc2)C1. The van der Waals surface area contributed by atoms with Gasteiger partial charge in [-0.25, -0.2) is 24.0 Å². The largest absolute Gasteiger partial charge is 0.340 e. The van der Waals surface area contributed by atoms with Crippen LogP contribution in [0.4, 0.5) is 0 Å². The van der Waals surface area contributed by atoms with Crippen LogP contribution in [0, 0.1) is 0 Å². The standard InChI is InChI=1S/C14H21N5O3S/c20-14(13-9-15-18-16-13)19-8-4-5-11(10-19)17-23(21,22)12-6-2-1-3-7-12/h1-3,6-7,11,13,15-18H,4-5,8-10H2. The highest BCUT2D eigenvalue weighted by Crippen LogP contribution is 2.15. The zero-order chi connectivity index (χ0) is 16.3. The molecule has 0 aliphatic carbocycles. The molecule has 9 heteroatoms. The van der Waals surface area contributed by atoms with Crippen molar-refractivity contribution < 1.29 is 13.2 Å². The first kappa shape index (κ1) is 16.3. The summed E-state index contributed by atoms with van der Waals surface area (Å²) in [4.78, 5) is 14.3. The summed E-state index contributed by atoms with van der Waals surface area (Å²) in [7, 11) is -3.56. The normalized spacial score (nSPS) is 25.5. The van der Waals surface area contributed by atoms with Crippen LogP contribution in [0.25, 0.3) is 0 Å². The van der Waals surface area contributed by atoms with Crippen molar-refractivity contribution >= 4 is 15.9 Å². The molecule has 2 saturated heterocycles. The second kappa shape index (κ2) is 6.93. The van der Waals surface area contributed by atoms with Gasteiger partial charge in [-0.3, -0.25) is 4.79 Å². The molecule has 8 nitrogen and oxygen atoms in total. The second-order valence-electron chi connectivity index (χ2n) is 5.76. The first-order valence-electron chi connectivity index (χ1n) is 7.66. The van der Waals surface area contributed by atoms with Crippen molar-refractivity contribution in [2.75, 3.05) is 19.6 Å². The molecular formula is C14H21N5O3S. The van der Waals surface area contributed by atoms with E-state index in [4.69, 9.17) is 0 Å². The zero-order valence-corrected chi connectivity index (χ0v) is 13.5. The van der Waals surface area contributed by atoms with Crippen molar-refractivity contribution in [2.24, 2.45) is 0 Å². The van der Waals surface area contributed by atoms with Gasteiger partial charge in [0.2, 0.25) is 15.9 Å². The maximum atomic E-state index is 12.4. The fraction of sp³-hybridized carbons (Fsp3) is 0.500. The fourth-order valence-corrected chi connectivity index (χ4v) is 4.16. The number of likely N-dealkylation sites (tertiary alicyclic amines) is 1. The Kier molecular flexibility index (Phi) is 4.93. The van der Waals surface area contributed by atoms with Crippen LogP contribution in [0.1, 0.15) is 12.8 Å². The third kappa shape index (κ3) is 3.88. The number of piperidine rings is 1. The lowest BCUT2D eigenvalue weighted by Gasteiger charge is -2.34. The van der Waals surface area contributed by atoms with Gasteiger partial charge in [0.25, 0.3) is 0 Å². The highest BCUT2D eigenvalue weighted by molar-refractivity contribution is 7.89. The van der Waals surface area contributed by atoms with E-state index < -0.39 is 10.0 Å². The van der Waals surface area contributed by atoms with Crippen LogP contribution < -0.4 is 21.1 Å². The Balaban J connectivity index is 1.63. The van der Waals surface area contributed by atoms with Crippen LogP contribution >= 0.6 is 0 Å². The average Bonchev–Trinajstić information content (AvgIpc) is 3.09. The third-order valence-corrected chi connectivity index (χ3v) is 5.58. The Bertz CT molecular complexity index is 646. The van der Waals surface area contributed by atoms with Crippen molar-refractivity contribution in [3.8, 4) is 0 Å². The molecule has 4 N–H and O–H groups in total. The predicted octanol–water partition coefficient (Wildman–Crippen LogP) is -1.06. The number of amides is 1. The number of carbonyl (C=O) groups is 1. The topological polar surface area (TPSA) is 103 Å². The number of nitrogens with one attached hydrogen (secondary N) is 4. The van der Waals surface area contributed by atoms with Crippen LogP contribution in [-0.2, 0) is 14.8 Å². The van der Waals surface area contributed by atoms with Gasteiger partial charge in [-0.15, -0.1) is 0 Å². The maximum absolute atomic E-state index is 12.4. The molecule has 2 aliphatic rings. The van der Waals surface area contributed by atoms with E-state index >= 15 is 0 Å². The second-order valence-corrected chi connectivity index (χ2v) is 7.47. The summed E-state index contributed by atoms with van der Waals surface area (Å²) in [5.74, 6) is -0.0221. The molecule has 0 bridgehead atoms. The molecule has 1 aromatic rings. The molecule has 0 radical (unpaired) electrons. The van der Waals surface area contributed by atoms with E-state index in [0.29, 0.717) is 19.6 Å². The van der Waals surface area contributed by atoms with E-state index in [1.165, 1.54) is 0 Å². The number of hydrogen-bond acceptors (Lipinski definition) is 6. The van der Waals surface area contributed by atoms with Crippen molar-refractivity contribution in [2.45, 2.75) is 29.8 Å². The first-order chi connectivity index (χ1) is 11.1. The molecule has 23 heavy (non-hydrogen) atoms. The number of rotatable bonds is 4. The molecule has 1 aromatic carbocycles. The maximum Gasteiger partial charge on any atom is 0.242 e. The average molecular weight is 339 g/mol. The van der Waals surface area contributed by atoms with Crippen LogP contribution in [0.15, 0.2) is 35.2 Å². The Morgan fingerprint density at radius 1 is 1.26 bits per heavy atom. The first-order valence-corrected chi connectivity index (χ1v) is 9.14. The summed E-state index contributed by atoms with van der Waals surface area (Å²) in [6.07, 6.45) is 1.51. The van der Waals surface area contributed by atoms with E-state index in [9.17, 15) is 13.2 Å². The van der Waals surface area contributed by atoms with E-state index in [0.717, 1.165) is 12.8 Å². The number of sulfonamides is 1. The minimum Gasteiger partial charge on any atom is -0.340 e. The third-order valence-electron chi connectivity index (χ3n) is 4.05. The minimum absolute atomic E-state index is 0.0221. The van der Waals surface area contributed by atoms with Gasteiger partial charge in [0.05, 0.1) is 4.90 Å². The van der Waals surface area contributed by atoms with E-state index in [2.05, 4.69) is 21.1 Å². The molecule has 0 aromatic heterocycles. The van der Waals surface area contributed by atoms with Crippen molar-refractivity contribution in [1.82, 2.24) is 26.0 Å². The molecule has 2 fully saturated rings. The quantitative estimate of drug-likeness (QED) is 0.558. The molecule has 1 amide bonds. The van der Waals surface area contributed by atoms with Crippen LogP contribution in [-0.4, -0.2) is 50.9 Å². The molecule has 2 unspecified atom stereocenters. The number of hydrogen-bond donors (Lipinski definition) is 4. The fourth-order valence-electron chi connectivity index (χ4n) is 2.87. The highest BCUT2D eigenvalue weighted by Gasteiger charge is 2.32. The molecule has 2 aliphatic heterocycles. The summed E-state index contributed by atoms with van der Waals surface area (Å²) >= 11 is 0. The number of hydrazine groups is 2. The molecule has 0 saturated carbocycles. The number of carbonyl (C=O) groups excluding carboxylic acids is 1. The monoisotopic (exact) mass is 339 g/mol.